The molecule has 1 amide bonds. The molecule has 0 aliphatic heterocycles. The molecule has 138 valence electrons. The molecule has 0 aliphatic carbocycles. The number of fused-ring (bicyclic) bond motifs is 1. The number of carbonyl (C=O) groups is 1. The van der Waals surface area contributed by atoms with E-state index in [1.807, 2.05) is 46.3 Å². The minimum Gasteiger partial charge on any atom is -0.309 e. The Morgan fingerprint density at radius 1 is 1.23 bits per heavy atom. The Labute approximate surface area is 158 Å². The van der Waals surface area contributed by atoms with Crippen LogP contribution in [-0.4, -0.2) is 52.8 Å². The van der Waals surface area contributed by atoms with Crippen LogP contribution in [0.5, 0.6) is 0 Å². The lowest BCUT2D eigenvalue weighted by molar-refractivity contribution is 0.0980. The first-order valence-electron chi connectivity index (χ1n) is 8.85. The fraction of sp³-hybridized carbons (Fsp3) is 0.421. The van der Waals surface area contributed by atoms with Gasteiger partial charge in [0.05, 0.1) is 10.2 Å². The predicted molar refractivity (Wildman–Crippen MR) is 107 cm³/mol. The number of hydrogen-bond donors (Lipinski definition) is 0. The minimum absolute atomic E-state index is 0.0901. The molecule has 0 bridgehead atoms. The smallest absolute Gasteiger partial charge is 0.280 e. The third kappa shape index (κ3) is 3.94. The van der Waals surface area contributed by atoms with E-state index >= 15 is 0 Å². The van der Waals surface area contributed by atoms with Gasteiger partial charge in [-0.15, -0.1) is 0 Å². The lowest BCUT2D eigenvalue weighted by Gasteiger charge is -2.20. The first kappa shape index (κ1) is 18.5. The van der Waals surface area contributed by atoms with Crippen LogP contribution in [0.2, 0.25) is 0 Å². The second-order valence-corrected chi connectivity index (χ2v) is 7.60. The quantitative estimate of drug-likeness (QED) is 0.639. The van der Waals surface area contributed by atoms with Crippen LogP contribution in [0.25, 0.3) is 10.2 Å². The molecule has 7 heteroatoms. The molecule has 0 aliphatic rings. The topological polar surface area (TPSA) is 54.3 Å². The van der Waals surface area contributed by atoms with Gasteiger partial charge in [-0.1, -0.05) is 23.5 Å². The highest BCUT2D eigenvalue weighted by atomic mass is 32.1. The largest absolute Gasteiger partial charge is 0.309 e. The van der Waals surface area contributed by atoms with E-state index in [2.05, 4.69) is 16.1 Å². The van der Waals surface area contributed by atoms with Gasteiger partial charge in [0, 0.05) is 19.3 Å². The Morgan fingerprint density at radius 3 is 2.69 bits per heavy atom. The number of amides is 1. The van der Waals surface area contributed by atoms with Crippen molar-refractivity contribution in [3.8, 4) is 0 Å². The van der Waals surface area contributed by atoms with Crippen molar-refractivity contribution in [2.45, 2.75) is 26.8 Å². The van der Waals surface area contributed by atoms with Gasteiger partial charge in [0.2, 0.25) is 0 Å². The molecule has 26 heavy (non-hydrogen) atoms. The van der Waals surface area contributed by atoms with Crippen molar-refractivity contribution < 1.29 is 4.79 Å². The first-order valence-corrected chi connectivity index (χ1v) is 9.67. The maximum Gasteiger partial charge on any atom is 0.280 e. The van der Waals surface area contributed by atoms with Crippen molar-refractivity contribution in [1.82, 2.24) is 19.7 Å². The van der Waals surface area contributed by atoms with E-state index in [1.165, 1.54) is 0 Å². The molecule has 6 nitrogen and oxygen atoms in total. The van der Waals surface area contributed by atoms with Crippen molar-refractivity contribution in [2.75, 3.05) is 32.1 Å². The summed E-state index contributed by atoms with van der Waals surface area (Å²) in [5, 5.41) is 5.12. The van der Waals surface area contributed by atoms with E-state index in [-0.39, 0.29) is 5.91 Å². The standard InChI is InChI=1S/C19H25N5OS/c1-5-23-13-10-15(21-23)18(25)24(12-7-11-22(3)4)19-20-17-14(2)8-6-9-16(17)26-19/h6,8-10,13H,5,7,11-12H2,1-4H3. The zero-order chi connectivity index (χ0) is 18.7. The Hall–Kier alpha value is -2.25. The van der Waals surface area contributed by atoms with Gasteiger partial charge >= 0.3 is 0 Å². The minimum atomic E-state index is -0.0901. The third-order valence-electron chi connectivity index (χ3n) is 4.26. The van der Waals surface area contributed by atoms with Crippen molar-refractivity contribution >= 4 is 32.6 Å². The van der Waals surface area contributed by atoms with Gasteiger partial charge in [-0.25, -0.2) is 4.98 Å². The molecule has 1 aromatic carbocycles. The molecular formula is C19H25N5OS. The molecular weight excluding hydrogens is 346 g/mol. The van der Waals surface area contributed by atoms with E-state index in [0.29, 0.717) is 12.2 Å². The second kappa shape index (κ2) is 7.97. The fourth-order valence-corrected chi connectivity index (χ4v) is 3.88. The summed E-state index contributed by atoms with van der Waals surface area (Å²) < 4.78 is 2.87. The van der Waals surface area contributed by atoms with Gasteiger partial charge < -0.3 is 4.90 Å². The summed E-state index contributed by atoms with van der Waals surface area (Å²) in [5.41, 5.74) is 2.56. The zero-order valence-electron chi connectivity index (χ0n) is 15.8. The number of hydrogen-bond acceptors (Lipinski definition) is 5. The summed E-state index contributed by atoms with van der Waals surface area (Å²) in [6.45, 7) is 6.33. The maximum absolute atomic E-state index is 13.1. The number of thiazole rings is 1. The van der Waals surface area contributed by atoms with Gasteiger partial charge in [0.15, 0.2) is 10.8 Å². The number of rotatable bonds is 7. The SMILES string of the molecule is CCn1ccc(C(=O)N(CCCN(C)C)c2nc3c(C)cccc3s2)n1. The first-order chi connectivity index (χ1) is 12.5. The summed E-state index contributed by atoms with van der Waals surface area (Å²) >= 11 is 1.56. The van der Waals surface area contributed by atoms with Gasteiger partial charge in [-0.3, -0.25) is 14.4 Å². The van der Waals surface area contributed by atoms with Crippen molar-refractivity contribution in [3.63, 3.8) is 0 Å². The van der Waals surface area contributed by atoms with E-state index in [1.54, 1.807) is 27.0 Å². The molecule has 0 saturated carbocycles. The second-order valence-electron chi connectivity index (χ2n) is 6.59. The number of benzene rings is 1. The lowest BCUT2D eigenvalue weighted by atomic mass is 10.2. The molecule has 0 radical (unpaired) electrons. The number of anilines is 1. The number of aryl methyl sites for hydroxylation is 2. The molecule has 0 N–H and O–H groups in total. The van der Waals surface area contributed by atoms with E-state index in [0.717, 1.165) is 40.4 Å². The van der Waals surface area contributed by atoms with Crippen LogP contribution in [0.1, 0.15) is 29.4 Å². The van der Waals surface area contributed by atoms with Crippen molar-refractivity contribution in [3.05, 3.63) is 41.7 Å². The number of aromatic nitrogens is 3. The molecule has 0 unspecified atom stereocenters. The molecule has 0 saturated heterocycles. The predicted octanol–water partition coefficient (Wildman–Crippen LogP) is 3.42. The Kier molecular flexibility index (Phi) is 5.68. The van der Waals surface area contributed by atoms with Crippen LogP contribution in [-0.2, 0) is 6.54 Å². The van der Waals surface area contributed by atoms with E-state index in [4.69, 9.17) is 4.98 Å². The van der Waals surface area contributed by atoms with Crippen molar-refractivity contribution in [1.29, 1.82) is 0 Å². The molecule has 2 heterocycles. The highest BCUT2D eigenvalue weighted by molar-refractivity contribution is 7.22. The van der Waals surface area contributed by atoms with Gasteiger partial charge in [-0.05, 0) is 58.6 Å². The average Bonchev–Trinajstić information content (AvgIpc) is 3.25. The molecule has 0 fully saturated rings. The summed E-state index contributed by atoms with van der Waals surface area (Å²) in [6.07, 6.45) is 2.72. The number of para-hydroxylation sites is 1. The third-order valence-corrected chi connectivity index (χ3v) is 5.30. The van der Waals surface area contributed by atoms with Crippen LogP contribution in [0.3, 0.4) is 0 Å². The summed E-state index contributed by atoms with van der Waals surface area (Å²) in [7, 11) is 4.08. The van der Waals surface area contributed by atoms with Gasteiger partial charge in [0.1, 0.15) is 0 Å². The van der Waals surface area contributed by atoms with Gasteiger partial charge in [-0.2, -0.15) is 5.10 Å². The molecule has 3 aromatic rings. The maximum atomic E-state index is 13.1. The van der Waals surface area contributed by atoms with Crippen molar-refractivity contribution in [2.24, 2.45) is 0 Å². The van der Waals surface area contributed by atoms with Crippen LogP contribution in [0.4, 0.5) is 5.13 Å². The molecule has 2 aromatic heterocycles. The fourth-order valence-electron chi connectivity index (χ4n) is 2.81. The summed E-state index contributed by atoms with van der Waals surface area (Å²) in [5.74, 6) is -0.0901. The van der Waals surface area contributed by atoms with E-state index in [9.17, 15) is 4.79 Å². The number of carbonyl (C=O) groups excluding carboxylic acids is 1. The number of nitrogens with zero attached hydrogens (tertiary/aromatic N) is 5. The highest BCUT2D eigenvalue weighted by Gasteiger charge is 2.23. The normalized spacial score (nSPS) is 11.4. The average molecular weight is 372 g/mol. The summed E-state index contributed by atoms with van der Waals surface area (Å²) in [6, 6.07) is 7.91. The molecule has 0 atom stereocenters. The Bertz CT molecular complexity index is 898. The monoisotopic (exact) mass is 371 g/mol. The zero-order valence-corrected chi connectivity index (χ0v) is 16.6. The van der Waals surface area contributed by atoms with Crippen LogP contribution >= 0.6 is 11.3 Å². The molecule has 0 spiro atoms. The Balaban J connectivity index is 1.93. The highest BCUT2D eigenvalue weighted by Crippen LogP contribution is 2.31. The van der Waals surface area contributed by atoms with E-state index < -0.39 is 0 Å². The molecule has 3 rings (SSSR count). The van der Waals surface area contributed by atoms with Crippen LogP contribution in [0, 0.1) is 6.92 Å². The lowest BCUT2D eigenvalue weighted by Crippen LogP contribution is -2.33. The summed E-state index contributed by atoms with van der Waals surface area (Å²) in [4.78, 5) is 21.8. The Morgan fingerprint density at radius 2 is 2.04 bits per heavy atom. The van der Waals surface area contributed by atoms with Gasteiger partial charge in [0.25, 0.3) is 5.91 Å². The van der Waals surface area contributed by atoms with Crippen LogP contribution < -0.4 is 4.90 Å². The van der Waals surface area contributed by atoms with Crippen LogP contribution in [0.15, 0.2) is 30.5 Å².